The Morgan fingerprint density at radius 2 is 2.22 bits per heavy atom. The van der Waals surface area contributed by atoms with Gasteiger partial charge in [0.15, 0.2) is 5.82 Å². The largest absolute Gasteiger partial charge is 0.462 e. The van der Waals surface area contributed by atoms with E-state index in [-0.39, 0.29) is 17.6 Å². The summed E-state index contributed by atoms with van der Waals surface area (Å²) in [6, 6.07) is 5.56. The van der Waals surface area contributed by atoms with Crippen molar-refractivity contribution in [1.29, 1.82) is 0 Å². The fraction of sp³-hybridized carbons (Fsp3) is 0.250. The molecule has 0 aliphatic carbocycles. The van der Waals surface area contributed by atoms with Crippen LogP contribution in [0.15, 0.2) is 28.7 Å². The average molecular weight is 424 g/mol. The Balaban J connectivity index is 1.59. The fourth-order valence-electron chi connectivity index (χ4n) is 2.20. The Bertz CT molecular complexity index is 949. The number of nitrogens with zero attached hydrogens (tertiary/aromatic N) is 3. The first-order valence-corrected chi connectivity index (χ1v) is 10.6. The molecular formula is C16H17N5O3S3. The lowest BCUT2D eigenvalue weighted by atomic mass is 10.3. The lowest BCUT2D eigenvalue weighted by molar-refractivity contribution is -0.113. The highest BCUT2D eigenvalue weighted by molar-refractivity contribution is 7.99. The van der Waals surface area contributed by atoms with Gasteiger partial charge in [-0.25, -0.2) is 9.47 Å². The molecule has 3 aromatic heterocycles. The molecule has 27 heavy (non-hydrogen) atoms. The molecule has 0 aliphatic heterocycles. The van der Waals surface area contributed by atoms with Crippen LogP contribution in [0, 0.1) is 6.92 Å². The number of aryl methyl sites for hydroxylation is 1. The van der Waals surface area contributed by atoms with Crippen LogP contribution in [-0.2, 0) is 9.53 Å². The highest BCUT2D eigenvalue weighted by Gasteiger charge is 2.17. The van der Waals surface area contributed by atoms with Crippen molar-refractivity contribution in [2.24, 2.45) is 0 Å². The molecule has 3 aromatic rings. The van der Waals surface area contributed by atoms with Gasteiger partial charge >= 0.3 is 5.97 Å². The molecule has 0 unspecified atom stereocenters. The van der Waals surface area contributed by atoms with Gasteiger partial charge in [-0.05, 0) is 36.9 Å². The van der Waals surface area contributed by atoms with Gasteiger partial charge in [-0.1, -0.05) is 17.8 Å². The Morgan fingerprint density at radius 3 is 2.93 bits per heavy atom. The van der Waals surface area contributed by atoms with Gasteiger partial charge in [-0.15, -0.1) is 32.9 Å². The summed E-state index contributed by atoms with van der Waals surface area (Å²) in [5.41, 5.74) is 0.767. The third kappa shape index (κ3) is 4.49. The lowest BCUT2D eigenvalue weighted by Gasteiger charge is -2.03. The maximum Gasteiger partial charge on any atom is 0.348 e. The van der Waals surface area contributed by atoms with E-state index in [1.807, 2.05) is 17.5 Å². The number of nitrogens with two attached hydrogens (primary N) is 1. The summed E-state index contributed by atoms with van der Waals surface area (Å²) in [6.45, 7) is 3.86. The van der Waals surface area contributed by atoms with Crippen molar-refractivity contribution in [2.75, 3.05) is 23.5 Å². The van der Waals surface area contributed by atoms with E-state index in [9.17, 15) is 9.59 Å². The molecular weight excluding hydrogens is 406 g/mol. The standard InChI is InChI=1S/C16H17N5O3S3/c1-3-24-15(23)13-9(2)7-12(27-13)18-11(22)8-26-16-20-19-14(21(16)17)10-5-4-6-25-10/h4-7H,3,8,17H2,1-2H3,(H,18,22). The number of carbonyl (C=O) groups is 2. The molecule has 8 nitrogen and oxygen atoms in total. The topological polar surface area (TPSA) is 112 Å². The van der Waals surface area contributed by atoms with Gasteiger partial charge in [0.25, 0.3) is 0 Å². The third-order valence-corrected chi connectivity index (χ3v) is 6.32. The zero-order chi connectivity index (χ0) is 19.4. The molecule has 0 fully saturated rings. The minimum atomic E-state index is -0.382. The molecule has 1 amide bonds. The summed E-state index contributed by atoms with van der Waals surface area (Å²) in [6.07, 6.45) is 0. The van der Waals surface area contributed by atoms with Crippen LogP contribution in [0.4, 0.5) is 5.00 Å². The van der Waals surface area contributed by atoms with E-state index in [4.69, 9.17) is 10.6 Å². The number of thioether (sulfide) groups is 1. The summed E-state index contributed by atoms with van der Waals surface area (Å²) in [5, 5.41) is 13.8. The molecule has 3 heterocycles. The number of anilines is 1. The van der Waals surface area contributed by atoms with Gasteiger partial charge in [0.1, 0.15) is 4.88 Å². The summed E-state index contributed by atoms with van der Waals surface area (Å²) >= 11 is 3.89. The van der Waals surface area contributed by atoms with Crippen LogP contribution in [0.5, 0.6) is 0 Å². The van der Waals surface area contributed by atoms with Crippen LogP contribution >= 0.6 is 34.4 Å². The van der Waals surface area contributed by atoms with Crippen LogP contribution in [0.1, 0.15) is 22.2 Å². The number of nitrogens with one attached hydrogen (secondary N) is 1. The summed E-state index contributed by atoms with van der Waals surface area (Å²) in [5.74, 6) is 6.08. The van der Waals surface area contributed by atoms with E-state index in [0.29, 0.717) is 27.5 Å². The SMILES string of the molecule is CCOC(=O)c1sc(NC(=O)CSc2nnc(-c3cccs3)n2N)cc1C. The van der Waals surface area contributed by atoms with Crippen LogP contribution in [0.25, 0.3) is 10.7 Å². The minimum absolute atomic E-state index is 0.117. The second-order valence-corrected chi connectivity index (χ2v) is 8.28. The number of amides is 1. The first-order valence-electron chi connectivity index (χ1n) is 7.94. The number of aromatic nitrogens is 3. The van der Waals surface area contributed by atoms with E-state index in [0.717, 1.165) is 10.4 Å². The summed E-state index contributed by atoms with van der Waals surface area (Å²) in [4.78, 5) is 25.5. The molecule has 0 bridgehead atoms. The number of hydrogen-bond donors (Lipinski definition) is 2. The molecule has 142 valence electrons. The second kappa shape index (κ2) is 8.55. The third-order valence-electron chi connectivity index (χ3n) is 3.38. The Hall–Kier alpha value is -2.37. The monoisotopic (exact) mass is 423 g/mol. The number of esters is 1. The first-order chi connectivity index (χ1) is 13.0. The molecule has 3 rings (SSSR count). The molecule has 0 aromatic carbocycles. The van der Waals surface area contributed by atoms with Crippen molar-refractivity contribution < 1.29 is 14.3 Å². The molecule has 0 radical (unpaired) electrons. The Morgan fingerprint density at radius 1 is 1.41 bits per heavy atom. The minimum Gasteiger partial charge on any atom is -0.462 e. The number of ether oxygens (including phenoxy) is 1. The summed E-state index contributed by atoms with van der Waals surface area (Å²) < 4.78 is 6.38. The van der Waals surface area contributed by atoms with Crippen molar-refractivity contribution >= 4 is 51.3 Å². The van der Waals surface area contributed by atoms with Crippen LogP contribution < -0.4 is 11.2 Å². The smallest absolute Gasteiger partial charge is 0.348 e. The molecule has 0 atom stereocenters. The van der Waals surface area contributed by atoms with Crippen molar-refractivity contribution in [3.05, 3.63) is 34.0 Å². The van der Waals surface area contributed by atoms with Gasteiger partial charge < -0.3 is 15.9 Å². The van der Waals surface area contributed by atoms with E-state index < -0.39 is 0 Å². The van der Waals surface area contributed by atoms with Gasteiger partial charge in [-0.2, -0.15) is 0 Å². The van der Waals surface area contributed by atoms with Crippen molar-refractivity contribution in [3.63, 3.8) is 0 Å². The highest BCUT2D eigenvalue weighted by Crippen LogP contribution is 2.28. The first kappa shape index (κ1) is 19.4. The normalized spacial score (nSPS) is 10.7. The van der Waals surface area contributed by atoms with Gasteiger partial charge in [0.05, 0.1) is 22.2 Å². The molecule has 11 heteroatoms. The van der Waals surface area contributed by atoms with Crippen LogP contribution in [0.3, 0.4) is 0 Å². The van der Waals surface area contributed by atoms with Gasteiger partial charge in [0.2, 0.25) is 11.1 Å². The van der Waals surface area contributed by atoms with Crippen LogP contribution in [0.2, 0.25) is 0 Å². The zero-order valence-corrected chi connectivity index (χ0v) is 17.0. The van der Waals surface area contributed by atoms with E-state index >= 15 is 0 Å². The van der Waals surface area contributed by atoms with Crippen molar-refractivity contribution in [2.45, 2.75) is 19.0 Å². The highest BCUT2D eigenvalue weighted by atomic mass is 32.2. The van der Waals surface area contributed by atoms with E-state index in [1.54, 1.807) is 19.9 Å². The Kier molecular flexibility index (Phi) is 6.14. The molecule has 0 saturated carbocycles. The maximum atomic E-state index is 12.2. The molecule has 3 N–H and O–H groups in total. The second-order valence-electron chi connectivity index (χ2n) is 5.33. The fourth-order valence-corrected chi connectivity index (χ4v) is 4.54. The predicted octanol–water partition coefficient (Wildman–Crippen LogP) is 3.00. The van der Waals surface area contributed by atoms with Gasteiger partial charge in [-0.3, -0.25) is 4.79 Å². The van der Waals surface area contributed by atoms with Crippen LogP contribution in [-0.4, -0.2) is 39.1 Å². The maximum absolute atomic E-state index is 12.2. The molecule has 0 aliphatic rings. The van der Waals surface area contributed by atoms with Crippen molar-refractivity contribution in [3.8, 4) is 10.7 Å². The number of nitrogen functional groups attached to an aromatic ring is 1. The number of carbonyl (C=O) groups excluding carboxylic acids is 2. The van der Waals surface area contributed by atoms with E-state index in [1.165, 1.54) is 39.1 Å². The van der Waals surface area contributed by atoms with Gasteiger partial charge in [0, 0.05) is 0 Å². The summed E-state index contributed by atoms with van der Waals surface area (Å²) in [7, 11) is 0. The van der Waals surface area contributed by atoms with E-state index in [2.05, 4.69) is 15.5 Å². The Labute approximate surface area is 167 Å². The predicted molar refractivity (Wildman–Crippen MR) is 108 cm³/mol. The lowest BCUT2D eigenvalue weighted by Crippen LogP contribution is -2.15. The molecule has 0 saturated heterocycles. The quantitative estimate of drug-likeness (QED) is 0.341. The van der Waals surface area contributed by atoms with Crippen molar-refractivity contribution in [1.82, 2.24) is 14.9 Å². The number of thiophene rings is 2. The number of rotatable bonds is 7. The molecule has 0 spiro atoms. The zero-order valence-electron chi connectivity index (χ0n) is 14.6. The number of hydrogen-bond acceptors (Lipinski definition) is 9. The average Bonchev–Trinajstić information content (AvgIpc) is 3.34.